The summed E-state index contributed by atoms with van der Waals surface area (Å²) in [5, 5.41) is 9.07. The normalized spacial score (nSPS) is 20.5. The lowest BCUT2D eigenvalue weighted by molar-refractivity contribution is -0.116. The predicted octanol–water partition coefficient (Wildman–Crippen LogP) is 3.79. The topological polar surface area (TPSA) is 58.2 Å². The summed E-state index contributed by atoms with van der Waals surface area (Å²) in [5.41, 5.74) is 0.721. The Kier molecular flexibility index (Phi) is 4.31. The quantitative estimate of drug-likeness (QED) is 0.634. The van der Waals surface area contributed by atoms with Crippen LogP contribution < -0.4 is 4.90 Å². The maximum atomic E-state index is 12.3. The number of furan rings is 1. The molecule has 1 aliphatic rings. The van der Waals surface area contributed by atoms with Crippen LogP contribution in [0.3, 0.4) is 0 Å². The number of benzene rings is 1. The van der Waals surface area contributed by atoms with Crippen molar-refractivity contribution in [2.45, 2.75) is 12.2 Å². The third kappa shape index (κ3) is 3.08. The number of amides is 1. The predicted molar refractivity (Wildman–Crippen MR) is 89.7 cm³/mol. The summed E-state index contributed by atoms with van der Waals surface area (Å²) in [6.45, 7) is 1.84. The lowest BCUT2D eigenvalue weighted by atomic mass is 10.3. The SMILES string of the molecule is CC1S/C(=N\N=C\c2ccco2)N(c2ccc(Cl)cc2)C1=O. The Hall–Kier alpha value is -2.05. The van der Waals surface area contributed by atoms with Gasteiger partial charge in [-0.05, 0) is 43.3 Å². The van der Waals surface area contributed by atoms with Crippen molar-refractivity contribution in [2.75, 3.05) is 4.90 Å². The Morgan fingerprint density at radius 3 is 2.77 bits per heavy atom. The number of amidine groups is 1. The van der Waals surface area contributed by atoms with Gasteiger partial charge in [-0.2, -0.15) is 5.10 Å². The van der Waals surface area contributed by atoms with Crippen LogP contribution in [0.5, 0.6) is 0 Å². The van der Waals surface area contributed by atoms with Gasteiger partial charge in [-0.3, -0.25) is 9.69 Å². The monoisotopic (exact) mass is 333 g/mol. The van der Waals surface area contributed by atoms with E-state index in [9.17, 15) is 4.79 Å². The van der Waals surface area contributed by atoms with E-state index in [1.54, 1.807) is 47.6 Å². The van der Waals surface area contributed by atoms with Crippen LogP contribution in [0.25, 0.3) is 0 Å². The van der Waals surface area contributed by atoms with Crippen LogP contribution >= 0.6 is 23.4 Å². The summed E-state index contributed by atoms with van der Waals surface area (Å²) in [6, 6.07) is 10.6. The molecule has 5 nitrogen and oxygen atoms in total. The zero-order chi connectivity index (χ0) is 15.5. The van der Waals surface area contributed by atoms with Crippen molar-refractivity contribution in [1.29, 1.82) is 0 Å². The van der Waals surface area contributed by atoms with Crippen molar-refractivity contribution >= 4 is 46.3 Å². The fourth-order valence-electron chi connectivity index (χ4n) is 1.93. The number of nitrogens with zero attached hydrogens (tertiary/aromatic N) is 3. The first-order chi connectivity index (χ1) is 10.6. The van der Waals surface area contributed by atoms with Crippen LogP contribution in [0.15, 0.2) is 57.3 Å². The van der Waals surface area contributed by atoms with Gasteiger partial charge in [-0.15, -0.1) is 5.10 Å². The van der Waals surface area contributed by atoms with E-state index in [0.29, 0.717) is 16.0 Å². The zero-order valence-corrected chi connectivity index (χ0v) is 13.2. The standard InChI is InChI=1S/C15H12ClN3O2S/c1-10-14(20)19(12-6-4-11(16)5-7-12)15(22-10)18-17-9-13-3-2-8-21-13/h2-10H,1H3/b17-9+,18-15-. The number of hydrogen-bond donors (Lipinski definition) is 0. The molecule has 1 saturated heterocycles. The van der Waals surface area contributed by atoms with Crippen LogP contribution in [0.4, 0.5) is 5.69 Å². The van der Waals surface area contributed by atoms with Crippen LogP contribution in [-0.4, -0.2) is 22.5 Å². The smallest absolute Gasteiger partial charge is 0.246 e. The summed E-state index contributed by atoms with van der Waals surface area (Å²) in [5.74, 6) is 0.573. The number of anilines is 1. The van der Waals surface area contributed by atoms with Gasteiger partial charge in [0.25, 0.3) is 0 Å². The van der Waals surface area contributed by atoms with Crippen molar-refractivity contribution < 1.29 is 9.21 Å². The van der Waals surface area contributed by atoms with E-state index >= 15 is 0 Å². The van der Waals surface area contributed by atoms with E-state index in [1.165, 1.54) is 18.0 Å². The lowest BCUT2D eigenvalue weighted by Gasteiger charge is -2.15. The molecule has 0 aliphatic carbocycles. The molecule has 0 bridgehead atoms. The number of carbonyl (C=O) groups excluding carboxylic acids is 1. The molecule has 1 fully saturated rings. The van der Waals surface area contributed by atoms with E-state index in [4.69, 9.17) is 16.0 Å². The molecule has 2 aromatic rings. The van der Waals surface area contributed by atoms with Crippen molar-refractivity contribution in [3.8, 4) is 0 Å². The molecule has 0 radical (unpaired) electrons. The molecule has 1 atom stereocenters. The van der Waals surface area contributed by atoms with Gasteiger partial charge >= 0.3 is 0 Å². The van der Waals surface area contributed by atoms with Gasteiger partial charge in [0.1, 0.15) is 5.76 Å². The van der Waals surface area contributed by atoms with Crippen molar-refractivity contribution in [3.05, 3.63) is 53.4 Å². The summed E-state index contributed by atoms with van der Waals surface area (Å²) in [4.78, 5) is 13.9. The molecule has 1 amide bonds. The molecule has 2 heterocycles. The Morgan fingerprint density at radius 2 is 2.09 bits per heavy atom. The molecule has 1 aromatic carbocycles. The molecule has 0 spiro atoms. The summed E-state index contributed by atoms with van der Waals surface area (Å²) in [7, 11) is 0. The molecular weight excluding hydrogens is 322 g/mol. The third-order valence-electron chi connectivity index (χ3n) is 3.00. The van der Waals surface area contributed by atoms with Gasteiger partial charge in [0.2, 0.25) is 5.91 Å². The molecule has 7 heteroatoms. The molecule has 112 valence electrons. The Morgan fingerprint density at radius 1 is 1.32 bits per heavy atom. The minimum atomic E-state index is -0.201. The second-order valence-electron chi connectivity index (χ2n) is 4.55. The van der Waals surface area contributed by atoms with E-state index < -0.39 is 0 Å². The molecule has 0 saturated carbocycles. The van der Waals surface area contributed by atoms with Gasteiger partial charge in [0.15, 0.2) is 5.17 Å². The molecule has 1 aromatic heterocycles. The van der Waals surface area contributed by atoms with Crippen molar-refractivity contribution in [3.63, 3.8) is 0 Å². The molecule has 1 unspecified atom stereocenters. The van der Waals surface area contributed by atoms with Gasteiger partial charge in [0, 0.05) is 5.02 Å². The van der Waals surface area contributed by atoms with Crippen LogP contribution in [0.1, 0.15) is 12.7 Å². The highest BCUT2D eigenvalue weighted by Crippen LogP contribution is 2.32. The third-order valence-corrected chi connectivity index (χ3v) is 4.28. The number of halogens is 1. The summed E-state index contributed by atoms with van der Waals surface area (Å²) >= 11 is 7.25. The van der Waals surface area contributed by atoms with Gasteiger partial charge in [0.05, 0.1) is 23.4 Å². The second kappa shape index (κ2) is 6.37. The average molecular weight is 334 g/mol. The fraction of sp³-hybridized carbons (Fsp3) is 0.133. The minimum Gasteiger partial charge on any atom is -0.463 e. The van der Waals surface area contributed by atoms with Crippen LogP contribution in [0, 0.1) is 0 Å². The molecule has 0 N–H and O–H groups in total. The first-order valence-corrected chi connectivity index (χ1v) is 7.81. The molecule has 22 heavy (non-hydrogen) atoms. The maximum absolute atomic E-state index is 12.3. The summed E-state index contributed by atoms with van der Waals surface area (Å²) < 4.78 is 5.14. The Balaban J connectivity index is 1.88. The number of hydrogen-bond acceptors (Lipinski definition) is 5. The van der Waals surface area contributed by atoms with Crippen molar-refractivity contribution in [2.24, 2.45) is 10.2 Å². The first kappa shape index (κ1) is 14.9. The van der Waals surface area contributed by atoms with Gasteiger partial charge in [-0.25, -0.2) is 0 Å². The van der Waals surface area contributed by atoms with E-state index in [-0.39, 0.29) is 11.2 Å². The highest BCUT2D eigenvalue weighted by molar-refractivity contribution is 8.16. The number of carbonyl (C=O) groups is 1. The number of rotatable bonds is 3. The van der Waals surface area contributed by atoms with E-state index in [2.05, 4.69) is 10.2 Å². The second-order valence-corrected chi connectivity index (χ2v) is 6.30. The fourth-order valence-corrected chi connectivity index (χ4v) is 2.98. The Bertz CT molecular complexity index is 726. The highest BCUT2D eigenvalue weighted by Gasteiger charge is 2.36. The van der Waals surface area contributed by atoms with Gasteiger partial charge < -0.3 is 4.42 Å². The van der Waals surface area contributed by atoms with E-state index in [1.807, 2.05) is 6.92 Å². The molecule has 3 rings (SSSR count). The highest BCUT2D eigenvalue weighted by atomic mass is 35.5. The minimum absolute atomic E-state index is 0.0285. The summed E-state index contributed by atoms with van der Waals surface area (Å²) in [6.07, 6.45) is 3.06. The van der Waals surface area contributed by atoms with Crippen LogP contribution in [0.2, 0.25) is 5.02 Å². The van der Waals surface area contributed by atoms with Crippen LogP contribution in [-0.2, 0) is 4.79 Å². The lowest BCUT2D eigenvalue weighted by Crippen LogP contribution is -2.31. The van der Waals surface area contributed by atoms with Crippen molar-refractivity contribution in [1.82, 2.24) is 0 Å². The number of thioether (sulfide) groups is 1. The largest absolute Gasteiger partial charge is 0.463 e. The molecule has 1 aliphatic heterocycles. The first-order valence-electron chi connectivity index (χ1n) is 6.56. The zero-order valence-electron chi connectivity index (χ0n) is 11.6. The van der Waals surface area contributed by atoms with E-state index in [0.717, 1.165) is 5.69 Å². The maximum Gasteiger partial charge on any atom is 0.246 e. The molecular formula is C15H12ClN3O2S. The Labute approximate surface area is 136 Å². The van der Waals surface area contributed by atoms with Gasteiger partial charge in [-0.1, -0.05) is 23.4 Å². The average Bonchev–Trinajstić information content (AvgIpc) is 3.10.